The molecule has 0 fully saturated rings. The van der Waals surface area contributed by atoms with Crippen LogP contribution in [0.4, 0.5) is 5.69 Å². The Morgan fingerprint density at radius 1 is 1.24 bits per heavy atom. The first-order chi connectivity index (χ1) is 10.0. The van der Waals surface area contributed by atoms with Crippen molar-refractivity contribution >= 4 is 17.6 Å². The highest BCUT2D eigenvalue weighted by Crippen LogP contribution is 2.16. The quantitative estimate of drug-likeness (QED) is 0.570. The summed E-state index contributed by atoms with van der Waals surface area (Å²) in [7, 11) is 0. The maximum atomic E-state index is 11.9. The lowest BCUT2D eigenvalue weighted by Gasteiger charge is -2.11. The Hall–Kier alpha value is -1.88. The first-order valence-electron chi connectivity index (χ1n) is 7.31. The van der Waals surface area contributed by atoms with Crippen LogP contribution in [-0.2, 0) is 9.53 Å². The summed E-state index contributed by atoms with van der Waals surface area (Å²) in [5, 5.41) is 5.82. The molecule has 21 heavy (non-hydrogen) atoms. The van der Waals surface area contributed by atoms with Gasteiger partial charge < -0.3 is 15.4 Å². The number of carbonyl (C=O) groups excluding carboxylic acids is 2. The van der Waals surface area contributed by atoms with Crippen LogP contribution in [0.2, 0.25) is 0 Å². The lowest BCUT2D eigenvalue weighted by molar-refractivity contribution is -0.115. The molecule has 0 spiro atoms. The van der Waals surface area contributed by atoms with E-state index in [0.29, 0.717) is 23.8 Å². The van der Waals surface area contributed by atoms with Crippen molar-refractivity contribution in [2.75, 3.05) is 25.0 Å². The third kappa shape index (κ3) is 6.40. The number of esters is 1. The zero-order valence-corrected chi connectivity index (χ0v) is 12.9. The summed E-state index contributed by atoms with van der Waals surface area (Å²) < 4.78 is 4.97. The molecule has 0 aromatic heterocycles. The molecule has 0 unspecified atom stereocenters. The van der Waals surface area contributed by atoms with Crippen molar-refractivity contribution < 1.29 is 14.3 Å². The number of hydrogen-bond acceptors (Lipinski definition) is 4. The van der Waals surface area contributed by atoms with Gasteiger partial charge in [0, 0.05) is 0 Å². The summed E-state index contributed by atoms with van der Waals surface area (Å²) in [6.07, 6.45) is 1.02. The highest BCUT2D eigenvalue weighted by molar-refractivity contribution is 6.01. The summed E-state index contributed by atoms with van der Waals surface area (Å²) in [6.45, 7) is 7.35. The predicted octanol–water partition coefficient (Wildman–Crippen LogP) is 2.44. The van der Waals surface area contributed by atoms with Crippen molar-refractivity contribution in [1.29, 1.82) is 0 Å². The molecule has 0 heterocycles. The first-order valence-corrected chi connectivity index (χ1v) is 7.31. The molecule has 1 amide bonds. The molecular weight excluding hydrogens is 268 g/mol. The van der Waals surface area contributed by atoms with Gasteiger partial charge in [0.25, 0.3) is 0 Å². The maximum Gasteiger partial charge on any atom is 0.340 e. The Morgan fingerprint density at radius 3 is 2.62 bits per heavy atom. The zero-order valence-electron chi connectivity index (χ0n) is 12.9. The molecule has 0 bridgehead atoms. The van der Waals surface area contributed by atoms with E-state index in [1.807, 2.05) is 0 Å². The molecule has 0 aliphatic carbocycles. The summed E-state index contributed by atoms with van der Waals surface area (Å²) in [5.74, 6) is 0.00164. The van der Waals surface area contributed by atoms with Crippen LogP contribution < -0.4 is 10.6 Å². The molecule has 1 rings (SSSR count). The van der Waals surface area contributed by atoms with E-state index in [1.54, 1.807) is 31.2 Å². The Kier molecular flexibility index (Phi) is 7.46. The molecule has 1 aromatic carbocycles. The highest BCUT2D eigenvalue weighted by atomic mass is 16.5. The Morgan fingerprint density at radius 2 is 1.95 bits per heavy atom. The SMILES string of the molecule is CCOC(=O)c1ccccc1NC(=O)CNCCC(C)C. The molecule has 1 aromatic rings. The second-order valence-corrected chi connectivity index (χ2v) is 5.17. The third-order valence-electron chi connectivity index (χ3n) is 2.88. The Balaban J connectivity index is 2.54. The van der Waals surface area contributed by atoms with Crippen LogP contribution in [0.3, 0.4) is 0 Å². The maximum absolute atomic E-state index is 11.9. The molecule has 0 radical (unpaired) electrons. The average Bonchev–Trinajstić information content (AvgIpc) is 2.44. The minimum atomic E-state index is -0.429. The molecule has 0 aliphatic rings. The second kappa shape index (κ2) is 9.13. The second-order valence-electron chi connectivity index (χ2n) is 5.17. The molecule has 5 nitrogen and oxygen atoms in total. The van der Waals surface area contributed by atoms with E-state index in [0.717, 1.165) is 13.0 Å². The fraction of sp³-hybridized carbons (Fsp3) is 0.500. The minimum Gasteiger partial charge on any atom is -0.462 e. The van der Waals surface area contributed by atoms with E-state index in [9.17, 15) is 9.59 Å². The predicted molar refractivity (Wildman–Crippen MR) is 83.4 cm³/mol. The van der Waals surface area contributed by atoms with Gasteiger partial charge >= 0.3 is 5.97 Å². The molecule has 5 heteroatoms. The summed E-state index contributed by atoms with van der Waals surface area (Å²) in [4.78, 5) is 23.7. The van der Waals surface area contributed by atoms with Gasteiger partial charge in [-0.2, -0.15) is 0 Å². The highest BCUT2D eigenvalue weighted by Gasteiger charge is 2.13. The van der Waals surface area contributed by atoms with Crippen molar-refractivity contribution in [3.63, 3.8) is 0 Å². The van der Waals surface area contributed by atoms with Gasteiger partial charge in [-0.25, -0.2) is 4.79 Å². The summed E-state index contributed by atoms with van der Waals surface area (Å²) >= 11 is 0. The molecule has 2 N–H and O–H groups in total. The lowest BCUT2D eigenvalue weighted by atomic mass is 10.1. The van der Waals surface area contributed by atoms with Crippen molar-refractivity contribution in [2.45, 2.75) is 27.2 Å². The first kappa shape index (κ1) is 17.2. The number of amides is 1. The monoisotopic (exact) mass is 292 g/mol. The number of ether oxygens (including phenoxy) is 1. The van der Waals surface area contributed by atoms with Gasteiger partial charge in [-0.05, 0) is 37.9 Å². The minimum absolute atomic E-state index is 0.171. The van der Waals surface area contributed by atoms with Crippen LogP contribution in [0.25, 0.3) is 0 Å². The van der Waals surface area contributed by atoms with Gasteiger partial charge in [0.05, 0.1) is 24.4 Å². The fourth-order valence-electron chi connectivity index (χ4n) is 1.77. The van der Waals surface area contributed by atoms with Gasteiger partial charge in [-0.3, -0.25) is 4.79 Å². The van der Waals surface area contributed by atoms with Gasteiger partial charge in [0.1, 0.15) is 0 Å². The standard InChI is InChI=1S/C16H24N2O3/c1-4-21-16(20)13-7-5-6-8-14(13)18-15(19)11-17-10-9-12(2)3/h5-8,12,17H,4,9-11H2,1-3H3,(H,18,19). The van der Waals surface area contributed by atoms with Crippen LogP contribution in [0.5, 0.6) is 0 Å². The van der Waals surface area contributed by atoms with Gasteiger partial charge in [0.15, 0.2) is 0 Å². The molecule has 0 saturated carbocycles. The van der Waals surface area contributed by atoms with Crippen LogP contribution >= 0.6 is 0 Å². The van der Waals surface area contributed by atoms with E-state index < -0.39 is 5.97 Å². The van der Waals surface area contributed by atoms with Crippen molar-refractivity contribution in [2.24, 2.45) is 5.92 Å². The van der Waals surface area contributed by atoms with Crippen LogP contribution in [0.1, 0.15) is 37.6 Å². The van der Waals surface area contributed by atoms with E-state index in [-0.39, 0.29) is 12.5 Å². The number of carbonyl (C=O) groups is 2. The number of hydrogen-bond donors (Lipinski definition) is 2. The lowest BCUT2D eigenvalue weighted by Crippen LogP contribution is -2.29. The van der Waals surface area contributed by atoms with Crippen LogP contribution in [0, 0.1) is 5.92 Å². The third-order valence-corrected chi connectivity index (χ3v) is 2.88. The van der Waals surface area contributed by atoms with Gasteiger partial charge in [-0.1, -0.05) is 26.0 Å². The van der Waals surface area contributed by atoms with Crippen molar-refractivity contribution in [1.82, 2.24) is 5.32 Å². The van der Waals surface area contributed by atoms with E-state index in [1.165, 1.54) is 0 Å². The average molecular weight is 292 g/mol. The van der Waals surface area contributed by atoms with Gasteiger partial charge in [-0.15, -0.1) is 0 Å². The van der Waals surface area contributed by atoms with E-state index in [4.69, 9.17) is 4.74 Å². The fourth-order valence-corrected chi connectivity index (χ4v) is 1.77. The van der Waals surface area contributed by atoms with Gasteiger partial charge in [0.2, 0.25) is 5.91 Å². The van der Waals surface area contributed by atoms with Crippen LogP contribution in [-0.4, -0.2) is 31.6 Å². The summed E-state index contributed by atoms with van der Waals surface area (Å²) in [6, 6.07) is 6.84. The molecule has 0 aliphatic heterocycles. The molecule has 0 saturated heterocycles. The van der Waals surface area contributed by atoms with Crippen LogP contribution in [0.15, 0.2) is 24.3 Å². The Labute approximate surface area is 126 Å². The van der Waals surface area contributed by atoms with E-state index in [2.05, 4.69) is 24.5 Å². The zero-order chi connectivity index (χ0) is 15.7. The number of rotatable bonds is 8. The van der Waals surface area contributed by atoms with Crippen molar-refractivity contribution in [3.8, 4) is 0 Å². The normalized spacial score (nSPS) is 10.5. The number of anilines is 1. The molecular formula is C16H24N2O3. The Bertz CT molecular complexity index is 472. The molecule has 0 atom stereocenters. The number of nitrogens with one attached hydrogen (secondary N) is 2. The largest absolute Gasteiger partial charge is 0.462 e. The van der Waals surface area contributed by atoms with E-state index >= 15 is 0 Å². The molecule has 116 valence electrons. The number of benzene rings is 1. The van der Waals surface area contributed by atoms with Crippen molar-refractivity contribution in [3.05, 3.63) is 29.8 Å². The summed E-state index contributed by atoms with van der Waals surface area (Å²) in [5.41, 5.74) is 0.849. The smallest absolute Gasteiger partial charge is 0.340 e. The topological polar surface area (TPSA) is 67.4 Å². The number of para-hydroxylation sites is 1.